The van der Waals surface area contributed by atoms with Crippen LogP contribution in [-0.4, -0.2) is 35.0 Å². The van der Waals surface area contributed by atoms with E-state index in [0.717, 1.165) is 43.0 Å². The summed E-state index contributed by atoms with van der Waals surface area (Å²) in [5, 5.41) is 8.60. The summed E-state index contributed by atoms with van der Waals surface area (Å²) >= 11 is 1.39. The van der Waals surface area contributed by atoms with E-state index in [2.05, 4.69) is 25.5 Å². The molecule has 4 rings (SSSR count). The molecule has 3 aromatic rings. The molecular weight excluding hydrogens is 372 g/mol. The van der Waals surface area contributed by atoms with Gasteiger partial charge in [-0.25, -0.2) is 4.98 Å². The number of nitrogens with one attached hydrogen (secondary N) is 2. The summed E-state index contributed by atoms with van der Waals surface area (Å²) in [6.07, 6.45) is 5.32. The molecule has 2 aromatic heterocycles. The Morgan fingerprint density at radius 3 is 2.68 bits per heavy atom. The van der Waals surface area contributed by atoms with Crippen LogP contribution in [0.2, 0.25) is 0 Å². The number of anilines is 4. The second kappa shape index (κ2) is 8.37. The maximum Gasteiger partial charge on any atom is 0.275 e. The van der Waals surface area contributed by atoms with E-state index in [1.807, 2.05) is 36.4 Å². The van der Waals surface area contributed by atoms with Gasteiger partial charge in [-0.15, -0.1) is 11.3 Å². The summed E-state index contributed by atoms with van der Waals surface area (Å²) in [7, 11) is 0. The first-order valence-corrected chi connectivity index (χ1v) is 10.1. The fourth-order valence-corrected chi connectivity index (χ4v) is 3.89. The standard InChI is InChI=1S/C20H22N6OS/c21-14-7-11-26(12-8-14)18-4-2-1-3-16(18)24-19(27)17-13-28-20(25-17)23-15-5-9-22-10-6-15/h1-6,9-10,13-14H,7-8,11-12,21H2,(H,24,27)(H,22,23,25). The molecule has 0 aliphatic carbocycles. The molecule has 0 atom stereocenters. The Balaban J connectivity index is 1.46. The molecular formula is C20H22N6OS. The third kappa shape index (κ3) is 4.29. The molecule has 1 aliphatic heterocycles. The molecule has 1 aliphatic rings. The highest BCUT2D eigenvalue weighted by Gasteiger charge is 2.20. The zero-order valence-corrected chi connectivity index (χ0v) is 16.2. The van der Waals surface area contributed by atoms with Gasteiger partial charge in [0.2, 0.25) is 0 Å². The van der Waals surface area contributed by atoms with E-state index < -0.39 is 0 Å². The molecule has 28 heavy (non-hydrogen) atoms. The van der Waals surface area contributed by atoms with Gasteiger partial charge >= 0.3 is 0 Å². The van der Waals surface area contributed by atoms with Crippen LogP contribution in [0.1, 0.15) is 23.3 Å². The highest BCUT2D eigenvalue weighted by atomic mass is 32.1. The van der Waals surface area contributed by atoms with Crippen molar-refractivity contribution in [3.05, 3.63) is 59.9 Å². The Morgan fingerprint density at radius 1 is 1.14 bits per heavy atom. The molecule has 4 N–H and O–H groups in total. The number of amides is 1. The SMILES string of the molecule is NC1CCN(c2ccccc2NC(=O)c2csc(Nc3ccncc3)n2)CC1. The third-order valence-corrected chi connectivity index (χ3v) is 5.46. The summed E-state index contributed by atoms with van der Waals surface area (Å²) in [6, 6.07) is 11.8. The van der Waals surface area contributed by atoms with Crippen LogP contribution in [0.25, 0.3) is 0 Å². The van der Waals surface area contributed by atoms with E-state index in [9.17, 15) is 4.79 Å². The van der Waals surface area contributed by atoms with Crippen LogP contribution in [0.3, 0.4) is 0 Å². The minimum absolute atomic E-state index is 0.222. The molecule has 0 unspecified atom stereocenters. The molecule has 0 saturated carbocycles. The highest BCUT2D eigenvalue weighted by molar-refractivity contribution is 7.14. The van der Waals surface area contributed by atoms with Gasteiger partial charge in [0.25, 0.3) is 5.91 Å². The van der Waals surface area contributed by atoms with Crippen LogP contribution in [0.5, 0.6) is 0 Å². The Bertz CT molecular complexity index is 937. The topological polar surface area (TPSA) is 96.2 Å². The second-order valence-corrected chi connectivity index (χ2v) is 7.55. The number of pyridine rings is 1. The molecule has 3 heterocycles. The molecule has 1 fully saturated rings. The number of hydrogen-bond acceptors (Lipinski definition) is 7. The quantitative estimate of drug-likeness (QED) is 0.613. The zero-order valence-electron chi connectivity index (χ0n) is 15.3. The van der Waals surface area contributed by atoms with Gasteiger partial charge in [-0.3, -0.25) is 9.78 Å². The Hall–Kier alpha value is -2.97. The number of nitrogens with zero attached hydrogens (tertiary/aromatic N) is 3. The van der Waals surface area contributed by atoms with E-state index in [-0.39, 0.29) is 11.9 Å². The van der Waals surface area contributed by atoms with E-state index >= 15 is 0 Å². The van der Waals surface area contributed by atoms with Crippen molar-refractivity contribution in [2.75, 3.05) is 28.6 Å². The smallest absolute Gasteiger partial charge is 0.275 e. The average molecular weight is 395 g/mol. The Labute approximate surface area is 167 Å². The fourth-order valence-electron chi connectivity index (χ4n) is 3.18. The number of rotatable bonds is 5. The largest absolute Gasteiger partial charge is 0.370 e. The Kier molecular flexibility index (Phi) is 5.50. The summed E-state index contributed by atoms with van der Waals surface area (Å²) in [4.78, 5) is 23.4. The number of piperidine rings is 1. The molecule has 8 heteroatoms. The van der Waals surface area contributed by atoms with Gasteiger partial charge in [0.05, 0.1) is 11.4 Å². The molecule has 144 valence electrons. The molecule has 0 spiro atoms. The van der Waals surface area contributed by atoms with Gasteiger partial charge in [-0.05, 0) is 37.1 Å². The average Bonchev–Trinajstić information content (AvgIpc) is 3.19. The predicted molar refractivity (Wildman–Crippen MR) is 113 cm³/mol. The minimum atomic E-state index is -0.222. The monoisotopic (exact) mass is 394 g/mol. The first-order valence-electron chi connectivity index (χ1n) is 9.22. The number of hydrogen-bond donors (Lipinski definition) is 3. The lowest BCUT2D eigenvalue weighted by Gasteiger charge is -2.33. The number of nitrogens with two attached hydrogens (primary N) is 1. The van der Waals surface area contributed by atoms with E-state index in [4.69, 9.17) is 5.73 Å². The van der Waals surface area contributed by atoms with Gasteiger partial charge in [-0.2, -0.15) is 0 Å². The van der Waals surface area contributed by atoms with Crippen molar-refractivity contribution in [1.82, 2.24) is 9.97 Å². The number of thiazole rings is 1. The molecule has 1 saturated heterocycles. The number of para-hydroxylation sites is 2. The molecule has 7 nitrogen and oxygen atoms in total. The summed E-state index contributed by atoms with van der Waals surface area (Å²) in [6.45, 7) is 1.79. The van der Waals surface area contributed by atoms with Gasteiger partial charge in [0.1, 0.15) is 5.69 Å². The normalized spacial score (nSPS) is 14.7. The fraction of sp³-hybridized carbons (Fsp3) is 0.250. The first kappa shape index (κ1) is 18.4. The van der Waals surface area contributed by atoms with Gasteiger partial charge < -0.3 is 21.3 Å². The van der Waals surface area contributed by atoms with Crippen molar-refractivity contribution in [2.24, 2.45) is 5.73 Å². The lowest BCUT2D eigenvalue weighted by atomic mass is 10.0. The van der Waals surface area contributed by atoms with Gasteiger partial charge in [-0.1, -0.05) is 12.1 Å². The van der Waals surface area contributed by atoms with Crippen molar-refractivity contribution in [1.29, 1.82) is 0 Å². The van der Waals surface area contributed by atoms with Crippen molar-refractivity contribution >= 4 is 39.4 Å². The molecule has 0 bridgehead atoms. The number of benzene rings is 1. The van der Waals surface area contributed by atoms with Gasteiger partial charge in [0, 0.05) is 42.6 Å². The van der Waals surface area contributed by atoms with Crippen LogP contribution >= 0.6 is 11.3 Å². The third-order valence-electron chi connectivity index (χ3n) is 4.70. The van der Waals surface area contributed by atoms with Crippen LogP contribution in [-0.2, 0) is 0 Å². The summed E-state index contributed by atoms with van der Waals surface area (Å²) in [5.74, 6) is -0.222. The first-order chi connectivity index (χ1) is 13.7. The van der Waals surface area contributed by atoms with Crippen molar-refractivity contribution in [2.45, 2.75) is 18.9 Å². The molecule has 1 aromatic carbocycles. The van der Waals surface area contributed by atoms with Crippen LogP contribution in [0.4, 0.5) is 22.2 Å². The van der Waals surface area contributed by atoms with Crippen molar-refractivity contribution in [3.63, 3.8) is 0 Å². The Morgan fingerprint density at radius 2 is 1.89 bits per heavy atom. The number of aromatic nitrogens is 2. The van der Waals surface area contributed by atoms with E-state index in [1.54, 1.807) is 17.8 Å². The molecule has 1 amide bonds. The zero-order chi connectivity index (χ0) is 19.3. The van der Waals surface area contributed by atoms with Gasteiger partial charge in [0.15, 0.2) is 5.13 Å². The van der Waals surface area contributed by atoms with Crippen molar-refractivity contribution in [3.8, 4) is 0 Å². The summed E-state index contributed by atoms with van der Waals surface area (Å²) in [5.41, 5.74) is 9.09. The van der Waals surface area contributed by atoms with Crippen LogP contribution in [0, 0.1) is 0 Å². The van der Waals surface area contributed by atoms with E-state index in [1.165, 1.54) is 11.3 Å². The minimum Gasteiger partial charge on any atom is -0.370 e. The lowest BCUT2D eigenvalue weighted by Crippen LogP contribution is -2.40. The molecule has 0 radical (unpaired) electrons. The summed E-state index contributed by atoms with van der Waals surface area (Å²) < 4.78 is 0. The number of carbonyl (C=O) groups excluding carboxylic acids is 1. The van der Waals surface area contributed by atoms with Crippen molar-refractivity contribution < 1.29 is 4.79 Å². The predicted octanol–water partition coefficient (Wildman–Crippen LogP) is 3.46. The maximum absolute atomic E-state index is 12.7. The number of carbonyl (C=O) groups is 1. The second-order valence-electron chi connectivity index (χ2n) is 6.69. The lowest BCUT2D eigenvalue weighted by molar-refractivity contribution is 0.102. The van der Waals surface area contributed by atoms with Crippen LogP contribution in [0.15, 0.2) is 54.2 Å². The highest BCUT2D eigenvalue weighted by Crippen LogP contribution is 2.29. The van der Waals surface area contributed by atoms with Crippen LogP contribution < -0.4 is 21.3 Å². The van der Waals surface area contributed by atoms with E-state index in [0.29, 0.717) is 10.8 Å². The maximum atomic E-state index is 12.7.